The first-order chi connectivity index (χ1) is 12.0. The number of anilines is 1. The molecule has 124 valence electrons. The number of fused-ring (bicyclic) bond motifs is 3. The van der Waals surface area contributed by atoms with Crippen LogP contribution in [0.4, 0.5) is 10.1 Å². The fourth-order valence-electron chi connectivity index (χ4n) is 2.98. The van der Waals surface area contributed by atoms with Crippen molar-refractivity contribution in [3.8, 4) is 11.1 Å². The zero-order chi connectivity index (χ0) is 17.6. The van der Waals surface area contributed by atoms with Crippen LogP contribution in [-0.2, 0) is 10.0 Å². The second kappa shape index (κ2) is 5.53. The van der Waals surface area contributed by atoms with Crippen molar-refractivity contribution in [2.75, 3.05) is 4.31 Å². The first-order valence-corrected chi connectivity index (χ1v) is 8.98. The largest absolute Gasteiger partial charge is 0.275 e. The van der Waals surface area contributed by atoms with Crippen LogP contribution in [0.2, 0.25) is 0 Å². The Morgan fingerprint density at radius 2 is 1.40 bits per heavy atom. The van der Waals surface area contributed by atoms with Crippen molar-refractivity contribution in [2.45, 2.75) is 4.90 Å². The monoisotopic (exact) mass is 353 g/mol. The van der Waals surface area contributed by atoms with E-state index in [-0.39, 0.29) is 16.1 Å². The van der Waals surface area contributed by atoms with Gasteiger partial charge in [0, 0.05) is 11.1 Å². The Morgan fingerprint density at radius 1 is 0.800 bits per heavy atom. The van der Waals surface area contributed by atoms with Crippen molar-refractivity contribution in [1.29, 1.82) is 0 Å². The molecule has 0 spiro atoms. The van der Waals surface area contributed by atoms with Crippen LogP contribution in [-0.4, -0.2) is 14.3 Å². The molecule has 1 heterocycles. The molecule has 3 aromatic carbocycles. The molecule has 3 aromatic rings. The fourth-order valence-corrected chi connectivity index (χ4v) is 4.62. The van der Waals surface area contributed by atoms with Gasteiger partial charge in [0.2, 0.25) is 0 Å². The van der Waals surface area contributed by atoms with E-state index in [4.69, 9.17) is 0 Å². The zero-order valence-corrected chi connectivity index (χ0v) is 13.7. The Balaban J connectivity index is 2.01. The Bertz CT molecular complexity index is 1110. The number of carbonyl (C=O) groups is 1. The molecule has 0 aliphatic carbocycles. The molecule has 6 heteroatoms. The minimum absolute atomic E-state index is 0.0263. The maximum atomic E-state index is 14.1. The summed E-state index contributed by atoms with van der Waals surface area (Å²) in [4.78, 5) is 12.9. The number of sulfonamides is 1. The maximum Gasteiger partial charge on any atom is 0.275 e. The summed E-state index contributed by atoms with van der Waals surface area (Å²) in [5.41, 5.74) is 1.06. The number of para-hydroxylation sites is 1. The molecule has 0 aromatic heterocycles. The third kappa shape index (κ3) is 2.26. The molecule has 1 aliphatic heterocycles. The minimum Gasteiger partial charge on any atom is -0.267 e. The minimum atomic E-state index is -4.14. The smallest absolute Gasteiger partial charge is 0.267 e. The molecular formula is C19H12FNO3S. The summed E-state index contributed by atoms with van der Waals surface area (Å²) < 4.78 is 40.9. The summed E-state index contributed by atoms with van der Waals surface area (Å²) in [5.74, 6) is -1.68. The second-order valence-corrected chi connectivity index (χ2v) is 7.32. The highest BCUT2D eigenvalue weighted by molar-refractivity contribution is 7.93. The molecule has 0 unspecified atom stereocenters. The Hall–Kier alpha value is -2.99. The van der Waals surface area contributed by atoms with Gasteiger partial charge in [0.1, 0.15) is 5.82 Å². The van der Waals surface area contributed by atoms with Crippen molar-refractivity contribution in [2.24, 2.45) is 0 Å². The van der Waals surface area contributed by atoms with E-state index in [0.29, 0.717) is 15.4 Å². The van der Waals surface area contributed by atoms with Gasteiger partial charge in [-0.2, -0.15) is 4.31 Å². The number of hydrogen-bond donors (Lipinski definition) is 0. The predicted octanol–water partition coefficient (Wildman–Crippen LogP) is 3.84. The number of halogens is 1. The molecule has 0 saturated heterocycles. The molecule has 0 fully saturated rings. The molecule has 25 heavy (non-hydrogen) atoms. The third-order valence-corrected chi connectivity index (χ3v) is 5.86. The van der Waals surface area contributed by atoms with E-state index in [9.17, 15) is 17.6 Å². The summed E-state index contributed by atoms with van der Waals surface area (Å²) in [6, 6.07) is 18.5. The van der Waals surface area contributed by atoms with Crippen LogP contribution in [0.3, 0.4) is 0 Å². The molecule has 0 radical (unpaired) electrons. The van der Waals surface area contributed by atoms with Gasteiger partial charge in [0.15, 0.2) is 0 Å². The first-order valence-electron chi connectivity index (χ1n) is 7.54. The number of nitrogens with zero attached hydrogens (tertiary/aromatic N) is 1. The molecular weight excluding hydrogens is 341 g/mol. The summed E-state index contributed by atoms with van der Waals surface area (Å²) >= 11 is 0. The van der Waals surface area contributed by atoms with E-state index in [2.05, 4.69) is 0 Å². The maximum absolute atomic E-state index is 14.1. The number of hydrogen-bond acceptors (Lipinski definition) is 3. The highest BCUT2D eigenvalue weighted by Crippen LogP contribution is 2.43. The summed E-state index contributed by atoms with van der Waals surface area (Å²) in [6.45, 7) is 0. The van der Waals surface area contributed by atoms with Crippen LogP contribution in [0, 0.1) is 5.82 Å². The molecule has 4 nitrogen and oxygen atoms in total. The van der Waals surface area contributed by atoms with Gasteiger partial charge in [0.05, 0.1) is 16.1 Å². The van der Waals surface area contributed by atoms with Gasteiger partial charge < -0.3 is 0 Å². The lowest BCUT2D eigenvalue weighted by molar-refractivity contribution is 0.100. The molecule has 1 amide bonds. The van der Waals surface area contributed by atoms with Gasteiger partial charge >= 0.3 is 0 Å². The first kappa shape index (κ1) is 15.5. The summed E-state index contributed by atoms with van der Waals surface area (Å²) in [5, 5.41) is 0. The van der Waals surface area contributed by atoms with Crippen molar-refractivity contribution >= 4 is 21.6 Å². The Morgan fingerprint density at radius 3 is 2.16 bits per heavy atom. The predicted molar refractivity (Wildman–Crippen MR) is 92.3 cm³/mol. The SMILES string of the molecule is O=C(c1ccccc1F)N1c2ccccc2-c2ccccc2S1(=O)=O. The Labute approximate surface area is 144 Å². The normalized spacial score (nSPS) is 14.5. The molecule has 4 rings (SSSR count). The van der Waals surface area contributed by atoms with E-state index >= 15 is 0 Å². The van der Waals surface area contributed by atoms with Crippen LogP contribution in [0.1, 0.15) is 10.4 Å². The number of benzene rings is 3. The quantitative estimate of drug-likeness (QED) is 0.668. The highest BCUT2D eigenvalue weighted by Gasteiger charge is 2.39. The standard InChI is InChI=1S/C19H12FNO3S/c20-16-10-4-1-9-15(16)19(22)21-17-11-5-2-7-13(17)14-8-3-6-12-18(14)25(21,23)24/h1-12H. The van der Waals surface area contributed by atoms with Gasteiger partial charge in [-0.1, -0.05) is 48.5 Å². The summed E-state index contributed by atoms with van der Waals surface area (Å²) in [7, 11) is -4.14. The van der Waals surface area contributed by atoms with Crippen molar-refractivity contribution in [3.63, 3.8) is 0 Å². The van der Waals surface area contributed by atoms with Crippen molar-refractivity contribution in [1.82, 2.24) is 0 Å². The molecule has 0 saturated carbocycles. The van der Waals surface area contributed by atoms with E-state index in [1.807, 2.05) is 0 Å². The van der Waals surface area contributed by atoms with Crippen LogP contribution in [0.5, 0.6) is 0 Å². The van der Waals surface area contributed by atoms with E-state index in [0.717, 1.165) is 6.07 Å². The van der Waals surface area contributed by atoms with Crippen LogP contribution < -0.4 is 4.31 Å². The zero-order valence-electron chi connectivity index (χ0n) is 12.9. The van der Waals surface area contributed by atoms with Crippen LogP contribution in [0.25, 0.3) is 11.1 Å². The van der Waals surface area contributed by atoms with Gasteiger partial charge in [-0.15, -0.1) is 0 Å². The average Bonchev–Trinajstić information content (AvgIpc) is 2.62. The average molecular weight is 353 g/mol. The second-order valence-electron chi connectivity index (χ2n) is 5.57. The lowest BCUT2D eigenvalue weighted by Crippen LogP contribution is -2.39. The number of rotatable bonds is 1. The lowest BCUT2D eigenvalue weighted by Gasteiger charge is -2.30. The third-order valence-electron chi connectivity index (χ3n) is 4.11. The van der Waals surface area contributed by atoms with Crippen LogP contribution in [0.15, 0.2) is 77.7 Å². The van der Waals surface area contributed by atoms with Crippen LogP contribution >= 0.6 is 0 Å². The lowest BCUT2D eigenvalue weighted by atomic mass is 10.0. The van der Waals surface area contributed by atoms with E-state index in [1.165, 1.54) is 24.3 Å². The molecule has 0 bridgehead atoms. The molecule has 0 atom stereocenters. The topological polar surface area (TPSA) is 54.5 Å². The van der Waals surface area contributed by atoms with Gasteiger partial charge in [0.25, 0.3) is 15.9 Å². The number of carbonyl (C=O) groups excluding carboxylic acids is 1. The fraction of sp³-hybridized carbons (Fsp3) is 0. The van der Waals surface area contributed by atoms with Gasteiger partial charge in [-0.05, 0) is 24.3 Å². The molecule has 0 N–H and O–H groups in total. The van der Waals surface area contributed by atoms with Crippen molar-refractivity contribution in [3.05, 3.63) is 84.2 Å². The van der Waals surface area contributed by atoms with Crippen molar-refractivity contribution < 1.29 is 17.6 Å². The highest BCUT2D eigenvalue weighted by atomic mass is 32.2. The summed E-state index contributed by atoms with van der Waals surface area (Å²) in [6.07, 6.45) is 0. The van der Waals surface area contributed by atoms with E-state index < -0.39 is 21.7 Å². The van der Waals surface area contributed by atoms with Gasteiger partial charge in [-0.25, -0.2) is 12.8 Å². The molecule has 1 aliphatic rings. The van der Waals surface area contributed by atoms with Gasteiger partial charge in [-0.3, -0.25) is 4.79 Å². The number of amides is 1. The van der Waals surface area contributed by atoms with E-state index in [1.54, 1.807) is 42.5 Å². The Kier molecular flexibility index (Phi) is 3.43.